The van der Waals surface area contributed by atoms with Crippen molar-refractivity contribution in [2.24, 2.45) is 5.41 Å². The number of nitrogens with zero attached hydrogens (tertiary/aromatic N) is 1. The van der Waals surface area contributed by atoms with E-state index in [4.69, 9.17) is 0 Å². The Labute approximate surface area is 170 Å². The van der Waals surface area contributed by atoms with Gasteiger partial charge in [0.05, 0.1) is 0 Å². The van der Waals surface area contributed by atoms with E-state index in [-0.39, 0.29) is 24.1 Å². The zero-order chi connectivity index (χ0) is 20.0. The summed E-state index contributed by atoms with van der Waals surface area (Å²) >= 11 is 0. The van der Waals surface area contributed by atoms with Gasteiger partial charge in [0.2, 0.25) is 11.8 Å². The van der Waals surface area contributed by atoms with E-state index >= 15 is 0 Å². The Bertz CT molecular complexity index is 854. The molecule has 7 heteroatoms. The molecule has 1 aliphatic carbocycles. The van der Waals surface area contributed by atoms with Gasteiger partial charge < -0.3 is 15.5 Å². The fourth-order valence-electron chi connectivity index (χ4n) is 5.59. The lowest BCUT2D eigenvalue weighted by Crippen LogP contribution is -2.53. The van der Waals surface area contributed by atoms with Gasteiger partial charge in [-0.05, 0) is 61.7 Å². The minimum Gasteiger partial charge on any atom is -0.322 e. The Balaban J connectivity index is 1.24. The highest BCUT2D eigenvalue weighted by Gasteiger charge is 2.44. The molecule has 3 aliphatic heterocycles. The van der Waals surface area contributed by atoms with Crippen LogP contribution in [-0.2, 0) is 22.7 Å². The van der Waals surface area contributed by atoms with Crippen LogP contribution in [0.15, 0.2) is 18.2 Å². The van der Waals surface area contributed by atoms with Crippen LogP contribution in [0.4, 0.5) is 0 Å². The van der Waals surface area contributed by atoms with Crippen molar-refractivity contribution in [1.29, 1.82) is 0 Å². The Morgan fingerprint density at radius 3 is 2.69 bits per heavy atom. The van der Waals surface area contributed by atoms with Crippen molar-refractivity contribution in [3.8, 4) is 0 Å². The average molecular weight is 396 g/mol. The Kier molecular flexibility index (Phi) is 4.67. The molecule has 3 fully saturated rings. The van der Waals surface area contributed by atoms with Crippen LogP contribution in [0.3, 0.4) is 0 Å². The number of hydrogen-bond acceptors (Lipinski definition) is 5. The summed E-state index contributed by atoms with van der Waals surface area (Å²) in [6, 6.07) is 5.94. The van der Waals surface area contributed by atoms with Crippen LogP contribution >= 0.6 is 0 Å². The third kappa shape index (κ3) is 3.36. The van der Waals surface area contributed by atoms with Crippen LogP contribution in [-0.4, -0.2) is 47.8 Å². The second kappa shape index (κ2) is 7.22. The third-order valence-electron chi connectivity index (χ3n) is 7.24. The summed E-state index contributed by atoms with van der Waals surface area (Å²) in [5, 5.41) is 9.46. The molecule has 154 valence electrons. The number of rotatable bonds is 4. The minimum absolute atomic E-state index is 0.0877. The standard InChI is InChI=1S/C22H28N4O3/c27-18-5-4-17(20(28)25-18)26-13-15-3-1-2-14(19(15)21(26)29)12-24-16-10-22(11-16)6-8-23-9-7-22/h1-3,16-17,23-24H,4-13H2,(H,25,27,28). The summed E-state index contributed by atoms with van der Waals surface area (Å²) in [5.41, 5.74) is 3.25. The van der Waals surface area contributed by atoms with Crippen LogP contribution in [0.1, 0.15) is 60.0 Å². The van der Waals surface area contributed by atoms with Crippen molar-refractivity contribution in [3.63, 3.8) is 0 Å². The van der Waals surface area contributed by atoms with Gasteiger partial charge in [0.1, 0.15) is 6.04 Å². The molecule has 1 spiro atoms. The van der Waals surface area contributed by atoms with E-state index in [9.17, 15) is 14.4 Å². The number of carbonyl (C=O) groups is 3. The van der Waals surface area contributed by atoms with Gasteiger partial charge >= 0.3 is 0 Å². The first-order valence-electron chi connectivity index (χ1n) is 10.7. The highest BCUT2D eigenvalue weighted by atomic mass is 16.2. The maximum atomic E-state index is 13.1. The number of carbonyl (C=O) groups excluding carboxylic acids is 3. The molecule has 2 saturated heterocycles. The van der Waals surface area contributed by atoms with Gasteiger partial charge in [0.15, 0.2) is 0 Å². The van der Waals surface area contributed by atoms with E-state index in [0.29, 0.717) is 31.0 Å². The molecule has 1 aromatic rings. The fraction of sp³-hybridized carbons (Fsp3) is 0.591. The molecule has 7 nitrogen and oxygen atoms in total. The molecule has 3 heterocycles. The van der Waals surface area contributed by atoms with Crippen LogP contribution in [0.25, 0.3) is 0 Å². The summed E-state index contributed by atoms with van der Waals surface area (Å²) in [6.07, 6.45) is 5.66. The van der Waals surface area contributed by atoms with Crippen molar-refractivity contribution < 1.29 is 14.4 Å². The number of amides is 3. The molecule has 5 rings (SSSR count). The molecule has 0 radical (unpaired) electrons. The maximum absolute atomic E-state index is 13.1. The predicted molar refractivity (Wildman–Crippen MR) is 107 cm³/mol. The van der Waals surface area contributed by atoms with Gasteiger partial charge in [0.25, 0.3) is 5.91 Å². The molecule has 1 atom stereocenters. The number of hydrogen-bond donors (Lipinski definition) is 3. The lowest BCUT2D eigenvalue weighted by molar-refractivity contribution is -0.136. The number of imide groups is 1. The van der Waals surface area contributed by atoms with Crippen molar-refractivity contribution in [2.75, 3.05) is 13.1 Å². The quantitative estimate of drug-likeness (QED) is 0.663. The predicted octanol–water partition coefficient (Wildman–Crippen LogP) is 1.07. The summed E-state index contributed by atoms with van der Waals surface area (Å²) in [6.45, 7) is 3.37. The van der Waals surface area contributed by atoms with Crippen molar-refractivity contribution in [1.82, 2.24) is 20.9 Å². The van der Waals surface area contributed by atoms with Crippen molar-refractivity contribution >= 4 is 17.7 Å². The number of nitrogens with one attached hydrogen (secondary N) is 3. The molecule has 1 saturated carbocycles. The van der Waals surface area contributed by atoms with E-state index in [2.05, 4.69) is 16.0 Å². The van der Waals surface area contributed by atoms with Gasteiger partial charge in [-0.2, -0.15) is 0 Å². The fourth-order valence-corrected chi connectivity index (χ4v) is 5.59. The smallest absolute Gasteiger partial charge is 0.255 e. The second-order valence-electron chi connectivity index (χ2n) is 9.09. The summed E-state index contributed by atoms with van der Waals surface area (Å²) in [5.74, 6) is -0.702. The topological polar surface area (TPSA) is 90.5 Å². The Morgan fingerprint density at radius 2 is 1.93 bits per heavy atom. The molecule has 3 amide bonds. The van der Waals surface area contributed by atoms with E-state index in [0.717, 1.165) is 29.8 Å². The highest BCUT2D eigenvalue weighted by Crippen LogP contribution is 2.48. The number of fused-ring (bicyclic) bond motifs is 1. The largest absolute Gasteiger partial charge is 0.322 e. The zero-order valence-electron chi connectivity index (χ0n) is 16.6. The SMILES string of the molecule is O=C1CCC(N2Cc3cccc(CNC4CC5(CCNCC5)C4)c3C2=O)C(=O)N1. The summed E-state index contributed by atoms with van der Waals surface area (Å²) in [7, 11) is 0. The highest BCUT2D eigenvalue weighted by molar-refractivity contribution is 6.05. The van der Waals surface area contributed by atoms with Gasteiger partial charge in [-0.3, -0.25) is 19.7 Å². The first-order chi connectivity index (χ1) is 14.0. The second-order valence-corrected chi connectivity index (χ2v) is 9.09. The van der Waals surface area contributed by atoms with Crippen LogP contribution < -0.4 is 16.0 Å². The maximum Gasteiger partial charge on any atom is 0.255 e. The van der Waals surface area contributed by atoms with E-state index in [1.54, 1.807) is 4.90 Å². The number of benzene rings is 1. The number of piperidine rings is 2. The van der Waals surface area contributed by atoms with Gasteiger partial charge in [-0.15, -0.1) is 0 Å². The summed E-state index contributed by atoms with van der Waals surface area (Å²) < 4.78 is 0. The Morgan fingerprint density at radius 1 is 1.14 bits per heavy atom. The lowest BCUT2D eigenvalue weighted by Gasteiger charge is -2.50. The lowest BCUT2D eigenvalue weighted by atomic mass is 9.60. The van der Waals surface area contributed by atoms with Crippen LogP contribution in [0.5, 0.6) is 0 Å². The van der Waals surface area contributed by atoms with Gasteiger partial charge in [-0.1, -0.05) is 18.2 Å². The van der Waals surface area contributed by atoms with E-state index in [1.807, 2.05) is 18.2 Å². The molecular formula is C22H28N4O3. The molecule has 3 N–H and O–H groups in total. The molecule has 0 aromatic heterocycles. The first-order valence-corrected chi connectivity index (χ1v) is 10.7. The average Bonchev–Trinajstić information content (AvgIpc) is 3.02. The van der Waals surface area contributed by atoms with Crippen molar-refractivity contribution in [3.05, 3.63) is 34.9 Å². The van der Waals surface area contributed by atoms with Crippen molar-refractivity contribution in [2.45, 2.75) is 63.7 Å². The normalized spacial score (nSPS) is 26.4. The van der Waals surface area contributed by atoms with Gasteiger partial charge in [0, 0.05) is 31.1 Å². The molecule has 4 aliphatic rings. The molecular weight excluding hydrogens is 368 g/mol. The molecule has 1 aromatic carbocycles. The van der Waals surface area contributed by atoms with E-state index < -0.39 is 6.04 Å². The molecule has 0 bridgehead atoms. The first kappa shape index (κ1) is 18.8. The van der Waals surface area contributed by atoms with Gasteiger partial charge in [-0.25, -0.2) is 0 Å². The summed E-state index contributed by atoms with van der Waals surface area (Å²) in [4.78, 5) is 38.4. The van der Waals surface area contributed by atoms with Crippen LogP contribution in [0, 0.1) is 5.41 Å². The molecule has 1 unspecified atom stereocenters. The Hall–Kier alpha value is -2.25. The third-order valence-corrected chi connectivity index (χ3v) is 7.24. The van der Waals surface area contributed by atoms with E-state index in [1.165, 1.54) is 25.7 Å². The monoisotopic (exact) mass is 396 g/mol. The zero-order valence-corrected chi connectivity index (χ0v) is 16.6. The molecule has 29 heavy (non-hydrogen) atoms. The van der Waals surface area contributed by atoms with Crippen LogP contribution in [0.2, 0.25) is 0 Å². The minimum atomic E-state index is -0.556.